The van der Waals surface area contributed by atoms with Crippen LogP contribution in [0.25, 0.3) is 0 Å². The molecule has 116 valence electrons. The number of ether oxygens (including phenoxy) is 1. The van der Waals surface area contributed by atoms with E-state index < -0.39 is 23.4 Å². The number of nitrogens with one attached hydrogen (secondary N) is 1. The summed E-state index contributed by atoms with van der Waals surface area (Å²) >= 11 is 0. The van der Waals surface area contributed by atoms with E-state index in [4.69, 9.17) is 9.84 Å². The van der Waals surface area contributed by atoms with Gasteiger partial charge in [-0.25, -0.2) is 14.0 Å². The number of hydrogen-bond donors (Lipinski definition) is 2. The van der Waals surface area contributed by atoms with Gasteiger partial charge >= 0.3 is 12.0 Å². The molecule has 2 amide bonds. The summed E-state index contributed by atoms with van der Waals surface area (Å²) in [6, 6.07) is 3.02. The van der Waals surface area contributed by atoms with Gasteiger partial charge in [0.25, 0.3) is 0 Å². The van der Waals surface area contributed by atoms with Gasteiger partial charge < -0.3 is 20.1 Å². The molecule has 1 atom stereocenters. The van der Waals surface area contributed by atoms with E-state index in [0.29, 0.717) is 13.2 Å². The molecule has 0 aromatic heterocycles. The van der Waals surface area contributed by atoms with Crippen LogP contribution in [0.3, 0.4) is 0 Å². The van der Waals surface area contributed by atoms with Crippen LogP contribution in [0.5, 0.6) is 0 Å². The minimum absolute atomic E-state index is 0.0735. The highest BCUT2D eigenvalue weighted by molar-refractivity contribution is 6.00. The third-order valence-electron chi connectivity index (χ3n) is 3.01. The standard InChI is InChI=1S/C14H19FN2O4/c1-4-17(9(2)8-21-3)14(20)16-11-7-5-6-10(15)12(11)13(18)19/h5-7,9H,4,8H2,1-3H3,(H,16,20)(H,18,19). The maximum absolute atomic E-state index is 13.5. The molecule has 0 spiro atoms. The fraction of sp³-hybridized carbons (Fsp3) is 0.429. The Labute approximate surface area is 122 Å². The van der Waals surface area contributed by atoms with Crippen LogP contribution in [0.2, 0.25) is 0 Å². The Morgan fingerprint density at radius 3 is 2.67 bits per heavy atom. The number of carbonyl (C=O) groups excluding carboxylic acids is 1. The van der Waals surface area contributed by atoms with Gasteiger partial charge in [-0.15, -0.1) is 0 Å². The number of carboxylic acids is 1. The number of nitrogens with zero attached hydrogens (tertiary/aromatic N) is 1. The quantitative estimate of drug-likeness (QED) is 0.845. The lowest BCUT2D eigenvalue weighted by Gasteiger charge is -2.27. The number of anilines is 1. The first-order valence-electron chi connectivity index (χ1n) is 6.50. The first kappa shape index (κ1) is 16.9. The van der Waals surface area contributed by atoms with Gasteiger partial charge in [-0.1, -0.05) is 6.07 Å². The first-order chi connectivity index (χ1) is 9.92. The van der Waals surface area contributed by atoms with Crippen molar-refractivity contribution in [3.05, 3.63) is 29.6 Å². The van der Waals surface area contributed by atoms with Gasteiger partial charge in [0.05, 0.1) is 18.3 Å². The van der Waals surface area contributed by atoms with Crippen LogP contribution in [0.4, 0.5) is 14.9 Å². The van der Waals surface area contributed by atoms with E-state index in [0.717, 1.165) is 6.07 Å². The second kappa shape index (κ2) is 7.58. The van der Waals surface area contributed by atoms with Gasteiger partial charge in [-0.2, -0.15) is 0 Å². The second-order valence-electron chi connectivity index (χ2n) is 4.49. The molecule has 1 aromatic rings. The number of benzene rings is 1. The van der Waals surface area contributed by atoms with Crippen molar-refractivity contribution < 1.29 is 23.8 Å². The number of urea groups is 1. The molecule has 0 saturated heterocycles. The fourth-order valence-corrected chi connectivity index (χ4v) is 2.02. The largest absolute Gasteiger partial charge is 0.478 e. The molecule has 6 nitrogen and oxygen atoms in total. The molecule has 0 aliphatic carbocycles. The zero-order valence-corrected chi connectivity index (χ0v) is 12.2. The molecule has 0 fully saturated rings. The topological polar surface area (TPSA) is 78.9 Å². The summed E-state index contributed by atoms with van der Waals surface area (Å²) in [5.41, 5.74) is -0.628. The van der Waals surface area contributed by atoms with Crippen LogP contribution in [0.15, 0.2) is 18.2 Å². The summed E-state index contributed by atoms with van der Waals surface area (Å²) in [5.74, 6) is -2.33. The van der Waals surface area contributed by atoms with Crippen LogP contribution in [0.1, 0.15) is 24.2 Å². The molecule has 0 saturated carbocycles. The van der Waals surface area contributed by atoms with E-state index in [1.54, 1.807) is 13.8 Å². The predicted molar refractivity (Wildman–Crippen MR) is 76.1 cm³/mol. The number of halogens is 1. The molecular weight excluding hydrogens is 279 g/mol. The van der Waals surface area contributed by atoms with Gasteiger partial charge in [0.1, 0.15) is 11.4 Å². The van der Waals surface area contributed by atoms with Crippen molar-refractivity contribution in [1.82, 2.24) is 4.90 Å². The first-order valence-corrected chi connectivity index (χ1v) is 6.50. The van der Waals surface area contributed by atoms with Crippen molar-refractivity contribution in [3.63, 3.8) is 0 Å². The van der Waals surface area contributed by atoms with Gasteiger partial charge in [-0.05, 0) is 26.0 Å². The molecule has 1 unspecified atom stereocenters. The number of likely N-dealkylation sites (N-methyl/N-ethyl adjacent to an activating group) is 1. The van der Waals surface area contributed by atoms with Crippen LogP contribution < -0.4 is 5.32 Å². The average molecular weight is 298 g/mol. The lowest BCUT2D eigenvalue weighted by molar-refractivity contribution is 0.0693. The normalized spacial score (nSPS) is 11.8. The predicted octanol–water partition coefficient (Wildman–Crippen LogP) is 2.41. The van der Waals surface area contributed by atoms with Crippen LogP contribution >= 0.6 is 0 Å². The Kier molecular flexibility index (Phi) is 6.10. The minimum atomic E-state index is -1.43. The van der Waals surface area contributed by atoms with E-state index >= 15 is 0 Å². The highest BCUT2D eigenvalue weighted by atomic mass is 19.1. The number of carbonyl (C=O) groups is 2. The molecule has 0 heterocycles. The van der Waals surface area contributed by atoms with Crippen molar-refractivity contribution in [3.8, 4) is 0 Å². The Hall–Kier alpha value is -2.15. The Morgan fingerprint density at radius 1 is 1.48 bits per heavy atom. The monoisotopic (exact) mass is 298 g/mol. The number of methoxy groups -OCH3 is 1. The van der Waals surface area contributed by atoms with Crippen LogP contribution in [-0.4, -0.2) is 48.3 Å². The van der Waals surface area contributed by atoms with Gasteiger partial charge in [0.2, 0.25) is 0 Å². The Bertz CT molecular complexity index is 522. The minimum Gasteiger partial charge on any atom is -0.478 e. The maximum Gasteiger partial charge on any atom is 0.340 e. The summed E-state index contributed by atoms with van der Waals surface area (Å²) in [5, 5.41) is 11.5. The zero-order valence-electron chi connectivity index (χ0n) is 12.2. The molecule has 0 aliphatic heterocycles. The number of hydrogen-bond acceptors (Lipinski definition) is 3. The SMILES string of the molecule is CCN(C(=O)Nc1cccc(F)c1C(=O)O)C(C)COC. The van der Waals surface area contributed by atoms with E-state index in [-0.39, 0.29) is 11.7 Å². The number of amides is 2. The molecule has 0 bridgehead atoms. The zero-order chi connectivity index (χ0) is 16.0. The number of carboxylic acid groups (broad SMARTS) is 1. The maximum atomic E-state index is 13.5. The number of rotatable bonds is 6. The average Bonchev–Trinajstić information content (AvgIpc) is 2.39. The lowest BCUT2D eigenvalue weighted by atomic mass is 10.1. The van der Waals surface area contributed by atoms with Crippen molar-refractivity contribution in [2.75, 3.05) is 25.6 Å². The summed E-state index contributed by atoms with van der Waals surface area (Å²) in [4.78, 5) is 24.7. The van der Waals surface area contributed by atoms with Crippen molar-refractivity contribution in [2.45, 2.75) is 19.9 Å². The van der Waals surface area contributed by atoms with Crippen LogP contribution in [-0.2, 0) is 4.74 Å². The highest BCUT2D eigenvalue weighted by Gasteiger charge is 2.22. The van der Waals surface area contributed by atoms with E-state index in [9.17, 15) is 14.0 Å². The number of aromatic carboxylic acids is 1. The third-order valence-corrected chi connectivity index (χ3v) is 3.01. The molecule has 1 aromatic carbocycles. The van der Waals surface area contributed by atoms with E-state index in [1.807, 2.05) is 0 Å². The fourth-order valence-electron chi connectivity index (χ4n) is 2.02. The van der Waals surface area contributed by atoms with E-state index in [1.165, 1.54) is 24.1 Å². The second-order valence-corrected chi connectivity index (χ2v) is 4.49. The molecular formula is C14H19FN2O4. The molecule has 1 rings (SSSR count). The van der Waals surface area contributed by atoms with Crippen molar-refractivity contribution >= 4 is 17.7 Å². The Morgan fingerprint density at radius 2 is 2.14 bits per heavy atom. The lowest BCUT2D eigenvalue weighted by Crippen LogP contribution is -2.43. The molecule has 0 aliphatic rings. The molecule has 2 N–H and O–H groups in total. The van der Waals surface area contributed by atoms with Crippen molar-refractivity contribution in [2.24, 2.45) is 0 Å². The summed E-state index contributed by atoms with van der Waals surface area (Å²) < 4.78 is 18.5. The van der Waals surface area contributed by atoms with Gasteiger partial charge in [0, 0.05) is 13.7 Å². The van der Waals surface area contributed by atoms with E-state index in [2.05, 4.69) is 5.32 Å². The summed E-state index contributed by atoms with van der Waals surface area (Å²) in [6.07, 6.45) is 0. The Balaban J connectivity index is 2.97. The summed E-state index contributed by atoms with van der Waals surface area (Å²) in [6.45, 7) is 4.34. The summed E-state index contributed by atoms with van der Waals surface area (Å²) in [7, 11) is 1.53. The highest BCUT2D eigenvalue weighted by Crippen LogP contribution is 2.19. The third kappa shape index (κ3) is 4.16. The van der Waals surface area contributed by atoms with Crippen LogP contribution in [0, 0.1) is 5.82 Å². The van der Waals surface area contributed by atoms with Gasteiger partial charge in [-0.3, -0.25) is 0 Å². The van der Waals surface area contributed by atoms with Crippen molar-refractivity contribution in [1.29, 1.82) is 0 Å². The van der Waals surface area contributed by atoms with Gasteiger partial charge in [0.15, 0.2) is 0 Å². The molecule has 0 radical (unpaired) electrons. The smallest absolute Gasteiger partial charge is 0.340 e. The molecule has 7 heteroatoms. The molecule has 21 heavy (non-hydrogen) atoms.